The predicted molar refractivity (Wildman–Crippen MR) is 126 cm³/mol. The van der Waals surface area contributed by atoms with Crippen molar-refractivity contribution in [3.8, 4) is 28.5 Å². The summed E-state index contributed by atoms with van der Waals surface area (Å²) in [5, 5.41) is 8.88. The average Bonchev–Trinajstić information content (AvgIpc) is 3.23. The number of halogens is 3. The molecule has 1 saturated carbocycles. The van der Waals surface area contributed by atoms with Crippen LogP contribution in [0.5, 0.6) is 5.88 Å². The van der Waals surface area contributed by atoms with Gasteiger partial charge < -0.3 is 14.8 Å². The molecule has 180 valence electrons. The summed E-state index contributed by atoms with van der Waals surface area (Å²) in [4.78, 5) is 26.8. The van der Waals surface area contributed by atoms with Crippen molar-refractivity contribution in [1.29, 1.82) is 0 Å². The van der Waals surface area contributed by atoms with E-state index < -0.39 is 17.6 Å². The van der Waals surface area contributed by atoms with E-state index in [2.05, 4.69) is 19.9 Å². The molecule has 0 unspecified atom stereocenters. The Labute approximate surface area is 204 Å². The number of nitrogens with one attached hydrogen (secondary N) is 1. The van der Waals surface area contributed by atoms with E-state index in [0.717, 1.165) is 25.7 Å². The quantitative estimate of drug-likeness (QED) is 0.336. The normalized spacial score (nSPS) is 18.0. The largest absolute Gasteiger partial charge is 0.481 e. The van der Waals surface area contributed by atoms with Gasteiger partial charge in [-0.05, 0) is 49.8 Å². The van der Waals surface area contributed by atoms with Crippen LogP contribution in [0.15, 0.2) is 42.7 Å². The lowest BCUT2D eigenvalue weighted by molar-refractivity contribution is -0.138. The van der Waals surface area contributed by atoms with E-state index in [9.17, 15) is 13.6 Å². The Balaban J connectivity index is 1.27. The smallest absolute Gasteiger partial charge is 0.303 e. The van der Waals surface area contributed by atoms with Gasteiger partial charge in [-0.15, -0.1) is 0 Å². The Hall–Kier alpha value is -3.59. The van der Waals surface area contributed by atoms with Gasteiger partial charge in [0.1, 0.15) is 23.6 Å². The number of benzene rings is 2. The minimum Gasteiger partial charge on any atom is -0.481 e. The van der Waals surface area contributed by atoms with Gasteiger partial charge >= 0.3 is 5.97 Å². The first-order valence-electron chi connectivity index (χ1n) is 11.2. The molecule has 1 fully saturated rings. The maximum absolute atomic E-state index is 14.9. The molecule has 0 bridgehead atoms. The predicted octanol–water partition coefficient (Wildman–Crippen LogP) is 6.03. The first-order valence-corrected chi connectivity index (χ1v) is 11.6. The second-order valence-electron chi connectivity index (χ2n) is 8.66. The van der Waals surface area contributed by atoms with Crippen LogP contribution in [0.3, 0.4) is 0 Å². The Morgan fingerprint density at radius 2 is 1.89 bits per heavy atom. The Morgan fingerprint density at radius 3 is 2.57 bits per heavy atom. The molecule has 0 radical (unpaired) electrons. The van der Waals surface area contributed by atoms with E-state index >= 15 is 0 Å². The third-order valence-corrected chi connectivity index (χ3v) is 6.51. The van der Waals surface area contributed by atoms with Crippen LogP contribution in [0.25, 0.3) is 33.7 Å². The van der Waals surface area contributed by atoms with Crippen LogP contribution in [0.1, 0.15) is 32.1 Å². The summed E-state index contributed by atoms with van der Waals surface area (Å²) >= 11 is 5.81. The number of carboxylic acid groups (broad SMARTS) is 1. The topological polar surface area (TPSA) is 101 Å². The number of rotatable bonds is 6. The summed E-state index contributed by atoms with van der Waals surface area (Å²) in [6, 6.07) is 7.22. The molecule has 0 amide bonds. The second kappa shape index (κ2) is 9.58. The van der Waals surface area contributed by atoms with Crippen molar-refractivity contribution in [2.24, 2.45) is 5.92 Å². The first-order chi connectivity index (χ1) is 16.9. The summed E-state index contributed by atoms with van der Waals surface area (Å²) < 4.78 is 34.5. The lowest BCUT2D eigenvalue weighted by atomic mass is 9.85. The van der Waals surface area contributed by atoms with Gasteiger partial charge in [-0.3, -0.25) is 4.79 Å². The van der Waals surface area contributed by atoms with Crippen molar-refractivity contribution in [1.82, 2.24) is 19.9 Å². The number of imidazole rings is 1. The SMILES string of the molecule is O=C(O)C[C@H]1CC[C@H](Oc2cnc(-c3ccc(-c4nc5cc(Cl)c(F)cc5[nH]4)c(F)c3)cn2)CC1. The zero-order chi connectivity index (χ0) is 24.5. The lowest BCUT2D eigenvalue weighted by Gasteiger charge is -2.27. The van der Waals surface area contributed by atoms with Gasteiger partial charge in [0.25, 0.3) is 0 Å². The molecule has 0 spiro atoms. The van der Waals surface area contributed by atoms with E-state index in [1.54, 1.807) is 12.1 Å². The Bertz CT molecular complexity index is 1350. The molecule has 5 rings (SSSR count). The molecule has 0 aliphatic heterocycles. The van der Waals surface area contributed by atoms with Gasteiger partial charge in [-0.1, -0.05) is 17.7 Å². The fourth-order valence-electron chi connectivity index (χ4n) is 4.40. The molecule has 2 heterocycles. The Morgan fingerprint density at radius 1 is 1.09 bits per heavy atom. The van der Waals surface area contributed by atoms with E-state index in [4.69, 9.17) is 21.4 Å². The highest BCUT2D eigenvalue weighted by molar-refractivity contribution is 6.31. The highest BCUT2D eigenvalue weighted by atomic mass is 35.5. The van der Waals surface area contributed by atoms with E-state index in [0.29, 0.717) is 28.2 Å². The van der Waals surface area contributed by atoms with Crippen LogP contribution in [-0.4, -0.2) is 37.1 Å². The number of aromatic nitrogens is 4. The van der Waals surface area contributed by atoms with Crippen LogP contribution >= 0.6 is 11.6 Å². The molecule has 1 aliphatic rings. The van der Waals surface area contributed by atoms with E-state index in [1.807, 2.05) is 0 Å². The van der Waals surface area contributed by atoms with Gasteiger partial charge in [0.2, 0.25) is 5.88 Å². The van der Waals surface area contributed by atoms with Crippen LogP contribution in [-0.2, 0) is 4.79 Å². The lowest BCUT2D eigenvalue weighted by Crippen LogP contribution is -2.25. The zero-order valence-electron chi connectivity index (χ0n) is 18.5. The zero-order valence-corrected chi connectivity index (χ0v) is 19.2. The molecule has 1 aliphatic carbocycles. The monoisotopic (exact) mass is 498 g/mol. The molecular formula is C25H21ClF2N4O3. The number of carbonyl (C=O) groups is 1. The molecule has 4 aromatic rings. The third kappa shape index (κ3) is 5.09. The molecule has 7 nitrogen and oxygen atoms in total. The van der Waals surface area contributed by atoms with Gasteiger partial charge in [-0.25, -0.2) is 23.7 Å². The van der Waals surface area contributed by atoms with Crippen LogP contribution < -0.4 is 4.74 Å². The van der Waals surface area contributed by atoms with Crippen molar-refractivity contribution in [3.63, 3.8) is 0 Å². The molecule has 0 atom stereocenters. The van der Waals surface area contributed by atoms with Crippen molar-refractivity contribution >= 4 is 28.6 Å². The summed E-state index contributed by atoms with van der Waals surface area (Å²) in [6.07, 6.45) is 6.35. The van der Waals surface area contributed by atoms with Gasteiger partial charge in [0.05, 0.1) is 39.7 Å². The van der Waals surface area contributed by atoms with Gasteiger partial charge in [0, 0.05) is 18.1 Å². The average molecular weight is 499 g/mol. The van der Waals surface area contributed by atoms with Gasteiger partial charge in [-0.2, -0.15) is 0 Å². The van der Waals surface area contributed by atoms with Crippen LogP contribution in [0.4, 0.5) is 8.78 Å². The standard InChI is InChI=1S/C25H21ClF2N4O3/c26-17-9-20-21(10-19(17)28)32-25(31-20)16-6-3-14(8-18(16)27)22-11-30-23(12-29-22)35-15-4-1-13(2-5-15)7-24(33)34/h3,6,8-13,15H,1-2,4-5,7H2,(H,31,32)(H,33,34)/t13-,15-. The highest BCUT2D eigenvalue weighted by Gasteiger charge is 2.24. The minimum atomic E-state index is -0.766. The maximum Gasteiger partial charge on any atom is 0.303 e. The number of carboxylic acids is 1. The van der Waals surface area contributed by atoms with Crippen molar-refractivity contribution in [2.45, 2.75) is 38.2 Å². The van der Waals surface area contributed by atoms with E-state index in [1.165, 1.54) is 30.6 Å². The molecule has 2 aromatic carbocycles. The number of ether oxygens (including phenoxy) is 1. The van der Waals surface area contributed by atoms with E-state index in [-0.39, 0.29) is 34.9 Å². The third-order valence-electron chi connectivity index (χ3n) is 6.22. The number of nitrogens with zero attached hydrogens (tertiary/aromatic N) is 3. The maximum atomic E-state index is 14.9. The van der Waals surface area contributed by atoms with Crippen LogP contribution in [0.2, 0.25) is 5.02 Å². The number of hydrogen-bond donors (Lipinski definition) is 2. The molecule has 2 aromatic heterocycles. The number of aromatic amines is 1. The molecule has 35 heavy (non-hydrogen) atoms. The summed E-state index contributed by atoms with van der Waals surface area (Å²) in [7, 11) is 0. The Kier molecular flexibility index (Phi) is 6.34. The molecule has 0 saturated heterocycles. The van der Waals surface area contributed by atoms with Gasteiger partial charge in [0.15, 0.2) is 0 Å². The number of H-pyrrole nitrogens is 1. The number of aliphatic carboxylic acids is 1. The minimum absolute atomic E-state index is 0.0240. The summed E-state index contributed by atoms with van der Waals surface area (Å²) in [6.45, 7) is 0. The molecule has 2 N–H and O–H groups in total. The number of fused-ring (bicyclic) bond motifs is 1. The molecule has 10 heteroatoms. The fraction of sp³-hybridized carbons (Fsp3) is 0.280. The summed E-state index contributed by atoms with van der Waals surface area (Å²) in [5.41, 5.74) is 2.10. The van der Waals surface area contributed by atoms with Crippen molar-refractivity contribution in [3.05, 3.63) is 59.4 Å². The fourth-order valence-corrected chi connectivity index (χ4v) is 4.55. The van der Waals surface area contributed by atoms with Crippen LogP contribution in [0, 0.1) is 17.6 Å². The number of hydrogen-bond acceptors (Lipinski definition) is 5. The summed E-state index contributed by atoms with van der Waals surface area (Å²) in [5.74, 6) is -1.04. The molecular weight excluding hydrogens is 478 g/mol. The van der Waals surface area contributed by atoms with Crippen molar-refractivity contribution < 1.29 is 23.4 Å². The first kappa shape index (κ1) is 23.2. The highest BCUT2D eigenvalue weighted by Crippen LogP contribution is 2.31. The van der Waals surface area contributed by atoms with Crippen molar-refractivity contribution in [2.75, 3.05) is 0 Å². The second-order valence-corrected chi connectivity index (χ2v) is 9.07.